The average molecular weight is 352 g/mol. The van der Waals surface area contributed by atoms with E-state index in [0.29, 0.717) is 11.5 Å². The maximum absolute atomic E-state index is 12.3. The second-order valence-corrected chi connectivity index (χ2v) is 8.80. The average Bonchev–Trinajstić information content (AvgIpc) is 3.00. The van der Waals surface area contributed by atoms with Crippen LogP contribution in [-0.4, -0.2) is 58.1 Å². The summed E-state index contributed by atoms with van der Waals surface area (Å²) in [6, 6.07) is 0.625. The molecule has 5 nitrogen and oxygen atoms in total. The number of likely N-dealkylation sites (tertiary alicyclic amines) is 1. The number of aromatic nitrogens is 1. The number of hydrogen-bond acceptors (Lipinski definition) is 5. The highest BCUT2D eigenvalue weighted by molar-refractivity contribution is 7.09. The molecule has 1 aliphatic heterocycles. The summed E-state index contributed by atoms with van der Waals surface area (Å²) in [7, 11) is 2.19. The second-order valence-electron chi connectivity index (χ2n) is 7.82. The van der Waals surface area contributed by atoms with Gasteiger partial charge in [-0.25, -0.2) is 4.98 Å². The fourth-order valence-corrected chi connectivity index (χ4v) is 4.57. The molecule has 1 amide bonds. The van der Waals surface area contributed by atoms with Gasteiger partial charge >= 0.3 is 0 Å². The molecule has 134 valence electrons. The van der Waals surface area contributed by atoms with Gasteiger partial charge in [0.25, 0.3) is 0 Å². The molecule has 1 spiro atoms. The van der Waals surface area contributed by atoms with Crippen LogP contribution >= 0.6 is 11.3 Å². The molecule has 2 heterocycles. The van der Waals surface area contributed by atoms with E-state index in [4.69, 9.17) is 0 Å². The molecular weight excluding hydrogens is 322 g/mol. The minimum absolute atomic E-state index is 0.111. The topological polar surface area (TPSA) is 56.7 Å². The minimum Gasteiger partial charge on any atom is -0.392 e. The Balaban J connectivity index is 1.46. The van der Waals surface area contributed by atoms with Crippen LogP contribution in [0.5, 0.6) is 0 Å². The zero-order valence-corrected chi connectivity index (χ0v) is 15.8. The second kappa shape index (κ2) is 7.10. The first-order valence-electron chi connectivity index (χ1n) is 8.96. The molecule has 1 aromatic heterocycles. The van der Waals surface area contributed by atoms with Crippen molar-refractivity contribution in [2.45, 2.75) is 58.2 Å². The molecule has 2 aliphatic rings. The highest BCUT2D eigenvalue weighted by Gasteiger charge is 2.56. The number of rotatable bonds is 6. The zero-order valence-electron chi connectivity index (χ0n) is 14.9. The van der Waals surface area contributed by atoms with Crippen molar-refractivity contribution in [1.82, 2.24) is 14.8 Å². The van der Waals surface area contributed by atoms with E-state index in [1.165, 1.54) is 11.4 Å². The summed E-state index contributed by atoms with van der Waals surface area (Å²) >= 11 is 1.71. The summed E-state index contributed by atoms with van der Waals surface area (Å²) in [6.07, 6.45) is 5.02. The largest absolute Gasteiger partial charge is 0.392 e. The van der Waals surface area contributed by atoms with Crippen molar-refractivity contribution in [3.05, 3.63) is 16.6 Å². The van der Waals surface area contributed by atoms with E-state index in [1.807, 2.05) is 30.3 Å². The van der Waals surface area contributed by atoms with Gasteiger partial charge in [-0.15, -0.1) is 11.3 Å². The van der Waals surface area contributed by atoms with E-state index in [1.54, 1.807) is 11.3 Å². The third-order valence-corrected chi connectivity index (χ3v) is 6.58. The Labute approximate surface area is 148 Å². The Morgan fingerprint density at radius 3 is 2.79 bits per heavy atom. The van der Waals surface area contributed by atoms with Gasteiger partial charge in [-0.3, -0.25) is 9.69 Å². The van der Waals surface area contributed by atoms with Crippen molar-refractivity contribution >= 4 is 17.2 Å². The smallest absolute Gasteiger partial charge is 0.225 e. The normalized spacial score (nSPS) is 23.9. The molecule has 2 atom stereocenters. The number of thiazole rings is 1. The van der Waals surface area contributed by atoms with Crippen LogP contribution in [-0.2, 0) is 11.3 Å². The monoisotopic (exact) mass is 351 g/mol. The van der Waals surface area contributed by atoms with Crippen LogP contribution in [0.4, 0.5) is 0 Å². The van der Waals surface area contributed by atoms with E-state index in [-0.39, 0.29) is 18.2 Å². The van der Waals surface area contributed by atoms with Gasteiger partial charge in [0, 0.05) is 30.7 Å². The third-order valence-electron chi connectivity index (χ3n) is 5.81. The Morgan fingerprint density at radius 2 is 2.21 bits per heavy atom. The van der Waals surface area contributed by atoms with Crippen LogP contribution < -0.4 is 0 Å². The Hall–Kier alpha value is -0.980. The number of carbonyl (C=O) groups is 1. The number of hydrogen-bond donors (Lipinski definition) is 1. The molecule has 0 bridgehead atoms. The van der Waals surface area contributed by atoms with Crippen LogP contribution in [0.3, 0.4) is 0 Å². The summed E-state index contributed by atoms with van der Waals surface area (Å²) < 4.78 is 0. The van der Waals surface area contributed by atoms with Gasteiger partial charge in [-0.1, -0.05) is 13.8 Å². The molecule has 3 rings (SSSR count). The Bertz CT molecular complexity index is 553. The van der Waals surface area contributed by atoms with Gasteiger partial charge in [-0.05, 0) is 37.6 Å². The van der Waals surface area contributed by atoms with Crippen molar-refractivity contribution in [3.63, 3.8) is 0 Å². The predicted molar refractivity (Wildman–Crippen MR) is 95.7 cm³/mol. The van der Waals surface area contributed by atoms with Crippen LogP contribution in [0.15, 0.2) is 11.6 Å². The van der Waals surface area contributed by atoms with E-state index in [0.717, 1.165) is 32.5 Å². The molecule has 0 radical (unpaired) electrons. The fraction of sp³-hybridized carbons (Fsp3) is 0.778. The lowest BCUT2D eigenvalue weighted by molar-refractivity contribution is -0.135. The van der Waals surface area contributed by atoms with Crippen LogP contribution in [0.25, 0.3) is 0 Å². The summed E-state index contributed by atoms with van der Waals surface area (Å²) in [4.78, 5) is 21.1. The first-order valence-corrected chi connectivity index (χ1v) is 9.84. The molecule has 1 aromatic rings. The number of piperidine rings is 1. The molecule has 6 heteroatoms. The number of aliphatic hydroxyl groups is 1. The number of amides is 1. The van der Waals surface area contributed by atoms with Crippen molar-refractivity contribution in [1.29, 1.82) is 0 Å². The Morgan fingerprint density at radius 1 is 1.50 bits per heavy atom. The van der Waals surface area contributed by atoms with E-state index in [2.05, 4.69) is 16.9 Å². The van der Waals surface area contributed by atoms with Gasteiger partial charge in [0.05, 0.1) is 19.1 Å². The lowest BCUT2D eigenvalue weighted by Gasteiger charge is -2.34. The highest BCUT2D eigenvalue weighted by Crippen LogP contribution is 2.56. The molecule has 0 aromatic carbocycles. The number of nitrogens with zero attached hydrogens (tertiary/aromatic N) is 3. The van der Waals surface area contributed by atoms with Crippen molar-refractivity contribution in [3.8, 4) is 0 Å². The van der Waals surface area contributed by atoms with Gasteiger partial charge in [-0.2, -0.15) is 0 Å². The van der Waals surface area contributed by atoms with Gasteiger partial charge in [0.2, 0.25) is 5.91 Å². The molecule has 2 unspecified atom stereocenters. The lowest BCUT2D eigenvalue weighted by atomic mass is 9.91. The quantitative estimate of drug-likeness (QED) is 0.855. The van der Waals surface area contributed by atoms with Crippen molar-refractivity contribution < 1.29 is 9.90 Å². The molecule has 1 N–H and O–H groups in total. The Kier molecular flexibility index (Phi) is 5.27. The highest BCUT2D eigenvalue weighted by atomic mass is 32.1. The van der Waals surface area contributed by atoms with Gasteiger partial charge in [0.15, 0.2) is 0 Å². The summed E-state index contributed by atoms with van der Waals surface area (Å²) in [6.45, 7) is 6.51. The first kappa shape index (κ1) is 17.8. The number of carbonyl (C=O) groups excluding carboxylic acids is 1. The van der Waals surface area contributed by atoms with E-state index < -0.39 is 6.10 Å². The molecule has 24 heavy (non-hydrogen) atoms. The maximum Gasteiger partial charge on any atom is 0.225 e. The standard InChI is InChI=1S/C18H29N3O2S/c1-13(2)14(22)10-17(23)21-7-4-18(5-8-21)11-15(18)20(3)12-16-19-6-9-24-16/h6,9,13-15,22H,4-5,7-8,10-12H2,1-3H3. The minimum atomic E-state index is -0.522. The summed E-state index contributed by atoms with van der Waals surface area (Å²) in [5.41, 5.74) is 0.402. The van der Waals surface area contributed by atoms with Crippen molar-refractivity contribution in [2.75, 3.05) is 20.1 Å². The van der Waals surface area contributed by atoms with Crippen LogP contribution in [0, 0.1) is 11.3 Å². The zero-order chi connectivity index (χ0) is 17.3. The van der Waals surface area contributed by atoms with Gasteiger partial charge in [0.1, 0.15) is 5.01 Å². The van der Waals surface area contributed by atoms with Crippen LogP contribution in [0.2, 0.25) is 0 Å². The summed E-state index contributed by atoms with van der Waals surface area (Å²) in [5.74, 6) is 0.247. The SMILES string of the molecule is CC(C)C(O)CC(=O)N1CCC2(CC1)CC2N(C)Cc1nccs1. The molecule has 2 fully saturated rings. The van der Waals surface area contributed by atoms with Gasteiger partial charge < -0.3 is 10.0 Å². The van der Waals surface area contributed by atoms with Crippen molar-refractivity contribution in [2.24, 2.45) is 11.3 Å². The first-order chi connectivity index (χ1) is 11.4. The molecular formula is C18H29N3O2S. The van der Waals surface area contributed by atoms with E-state index in [9.17, 15) is 9.90 Å². The third kappa shape index (κ3) is 3.81. The predicted octanol–water partition coefficient (Wildman–Crippen LogP) is 2.36. The van der Waals surface area contributed by atoms with E-state index >= 15 is 0 Å². The molecule has 1 saturated heterocycles. The molecule has 1 aliphatic carbocycles. The maximum atomic E-state index is 12.3. The lowest BCUT2D eigenvalue weighted by Crippen LogP contribution is -2.42. The van der Waals surface area contributed by atoms with Crippen LogP contribution in [0.1, 0.15) is 44.5 Å². The molecule has 1 saturated carbocycles. The fourth-order valence-electron chi connectivity index (χ4n) is 3.89. The summed E-state index contributed by atoms with van der Waals surface area (Å²) in [5, 5.41) is 13.1. The number of aliphatic hydroxyl groups excluding tert-OH is 1.